The van der Waals surface area contributed by atoms with Crippen LogP contribution in [0.4, 0.5) is 5.69 Å². The van der Waals surface area contributed by atoms with Crippen molar-refractivity contribution in [1.29, 1.82) is 0 Å². The van der Waals surface area contributed by atoms with Gasteiger partial charge in [0.15, 0.2) is 0 Å². The molecule has 0 aliphatic rings. The molecule has 1 atom stereocenters. The minimum Gasteiger partial charge on any atom is -0.394 e. The molecule has 1 aromatic heterocycles. The predicted octanol–water partition coefficient (Wildman–Crippen LogP) is 2.44. The molecule has 4 heteroatoms. The fourth-order valence-electron chi connectivity index (χ4n) is 2.19. The summed E-state index contributed by atoms with van der Waals surface area (Å²) in [6, 6.07) is 8.05. The van der Waals surface area contributed by atoms with E-state index in [1.165, 1.54) is 5.56 Å². The van der Waals surface area contributed by atoms with Gasteiger partial charge in [-0.25, -0.2) is 0 Å². The Bertz CT molecular complexity index is 531. The average Bonchev–Trinajstić information content (AvgIpc) is 2.79. The summed E-state index contributed by atoms with van der Waals surface area (Å²) in [7, 11) is 1.91. The number of aliphatic hydroxyl groups is 1. The standard InChI is InChI=1S/C15H21N3O/c1-4-14-13(9-18(3)17-14)15(10-19)16-12-7-5-11(2)6-8-12/h5-9,15-16,19H,4,10H2,1-3H3. The summed E-state index contributed by atoms with van der Waals surface area (Å²) in [5.74, 6) is 0. The maximum absolute atomic E-state index is 9.63. The Morgan fingerprint density at radius 2 is 2.00 bits per heavy atom. The third-order valence-electron chi connectivity index (χ3n) is 3.22. The molecule has 2 aromatic rings. The summed E-state index contributed by atoms with van der Waals surface area (Å²) in [5.41, 5.74) is 4.33. The third kappa shape index (κ3) is 3.15. The van der Waals surface area contributed by atoms with Gasteiger partial charge in [0.2, 0.25) is 0 Å². The molecule has 0 aliphatic carbocycles. The monoisotopic (exact) mass is 259 g/mol. The van der Waals surface area contributed by atoms with Gasteiger partial charge in [-0.1, -0.05) is 24.6 Å². The number of rotatable bonds is 5. The molecule has 0 radical (unpaired) electrons. The lowest BCUT2D eigenvalue weighted by Gasteiger charge is -2.17. The second-order valence-corrected chi connectivity index (χ2v) is 4.80. The van der Waals surface area contributed by atoms with Crippen molar-refractivity contribution in [3.8, 4) is 0 Å². The van der Waals surface area contributed by atoms with E-state index in [2.05, 4.69) is 36.4 Å². The van der Waals surface area contributed by atoms with Gasteiger partial charge in [-0.15, -0.1) is 0 Å². The summed E-state index contributed by atoms with van der Waals surface area (Å²) in [6.45, 7) is 4.18. The van der Waals surface area contributed by atoms with Crippen LogP contribution in [0, 0.1) is 6.92 Å². The number of aliphatic hydroxyl groups excluding tert-OH is 1. The number of nitrogens with zero attached hydrogens (tertiary/aromatic N) is 2. The van der Waals surface area contributed by atoms with E-state index in [1.54, 1.807) is 4.68 Å². The van der Waals surface area contributed by atoms with Crippen molar-refractivity contribution in [2.24, 2.45) is 7.05 Å². The first-order valence-corrected chi connectivity index (χ1v) is 6.60. The highest BCUT2D eigenvalue weighted by molar-refractivity contribution is 5.47. The number of anilines is 1. The molecule has 1 aromatic carbocycles. The van der Waals surface area contributed by atoms with Crippen molar-refractivity contribution in [3.05, 3.63) is 47.3 Å². The first-order chi connectivity index (χ1) is 9.13. The molecule has 1 unspecified atom stereocenters. The predicted molar refractivity (Wildman–Crippen MR) is 77.2 cm³/mol. The molecule has 0 amide bonds. The first-order valence-electron chi connectivity index (χ1n) is 6.60. The molecule has 0 saturated carbocycles. The van der Waals surface area contributed by atoms with Gasteiger partial charge in [0, 0.05) is 24.5 Å². The Hall–Kier alpha value is -1.81. The molecule has 0 fully saturated rings. The van der Waals surface area contributed by atoms with Crippen LogP contribution in [-0.2, 0) is 13.5 Å². The summed E-state index contributed by atoms with van der Waals surface area (Å²) < 4.78 is 1.80. The van der Waals surface area contributed by atoms with Gasteiger partial charge >= 0.3 is 0 Å². The van der Waals surface area contributed by atoms with Gasteiger partial charge in [-0.3, -0.25) is 4.68 Å². The van der Waals surface area contributed by atoms with E-state index in [-0.39, 0.29) is 12.6 Å². The highest BCUT2D eigenvalue weighted by Crippen LogP contribution is 2.22. The SMILES string of the molecule is CCc1nn(C)cc1C(CO)Nc1ccc(C)cc1. The Morgan fingerprint density at radius 1 is 1.32 bits per heavy atom. The van der Waals surface area contributed by atoms with Crippen LogP contribution in [0.5, 0.6) is 0 Å². The Labute approximate surface area is 114 Å². The van der Waals surface area contributed by atoms with Gasteiger partial charge in [-0.2, -0.15) is 5.10 Å². The van der Waals surface area contributed by atoms with Crippen molar-refractivity contribution in [1.82, 2.24) is 9.78 Å². The fraction of sp³-hybridized carbons (Fsp3) is 0.400. The van der Waals surface area contributed by atoms with Gasteiger partial charge in [0.05, 0.1) is 18.3 Å². The van der Waals surface area contributed by atoms with E-state index >= 15 is 0 Å². The molecular formula is C15H21N3O. The smallest absolute Gasteiger partial charge is 0.0778 e. The van der Waals surface area contributed by atoms with E-state index in [0.29, 0.717) is 0 Å². The van der Waals surface area contributed by atoms with Crippen molar-refractivity contribution in [2.45, 2.75) is 26.3 Å². The molecular weight excluding hydrogens is 238 g/mol. The van der Waals surface area contributed by atoms with Crippen LogP contribution < -0.4 is 5.32 Å². The quantitative estimate of drug-likeness (QED) is 0.867. The summed E-state index contributed by atoms with van der Waals surface area (Å²) in [6.07, 6.45) is 2.84. The lowest BCUT2D eigenvalue weighted by molar-refractivity contribution is 0.276. The number of nitrogens with one attached hydrogen (secondary N) is 1. The van der Waals surface area contributed by atoms with E-state index in [4.69, 9.17) is 0 Å². The molecule has 19 heavy (non-hydrogen) atoms. The van der Waals surface area contributed by atoms with Crippen LogP contribution in [0.15, 0.2) is 30.5 Å². The minimum atomic E-state index is -0.119. The number of hydrogen-bond acceptors (Lipinski definition) is 3. The Balaban J connectivity index is 2.22. The van der Waals surface area contributed by atoms with E-state index in [1.807, 2.05) is 25.4 Å². The first kappa shape index (κ1) is 13.6. The second kappa shape index (κ2) is 5.89. The Morgan fingerprint density at radius 3 is 2.58 bits per heavy atom. The van der Waals surface area contributed by atoms with Crippen LogP contribution in [0.1, 0.15) is 29.8 Å². The van der Waals surface area contributed by atoms with E-state index < -0.39 is 0 Å². The van der Waals surface area contributed by atoms with Crippen LogP contribution >= 0.6 is 0 Å². The lowest BCUT2D eigenvalue weighted by atomic mass is 10.1. The van der Waals surface area contributed by atoms with Crippen LogP contribution in [0.25, 0.3) is 0 Å². The molecule has 0 spiro atoms. The van der Waals surface area contributed by atoms with Gasteiger partial charge in [-0.05, 0) is 25.5 Å². The largest absolute Gasteiger partial charge is 0.394 e. The van der Waals surface area contributed by atoms with Crippen LogP contribution in [0.3, 0.4) is 0 Å². The van der Waals surface area contributed by atoms with Crippen molar-refractivity contribution in [2.75, 3.05) is 11.9 Å². The second-order valence-electron chi connectivity index (χ2n) is 4.80. The molecule has 4 nitrogen and oxygen atoms in total. The number of benzene rings is 1. The maximum atomic E-state index is 9.63. The van der Waals surface area contributed by atoms with Crippen molar-refractivity contribution < 1.29 is 5.11 Å². The van der Waals surface area contributed by atoms with Crippen LogP contribution in [0.2, 0.25) is 0 Å². The lowest BCUT2D eigenvalue weighted by Crippen LogP contribution is -2.15. The van der Waals surface area contributed by atoms with Crippen molar-refractivity contribution >= 4 is 5.69 Å². The average molecular weight is 259 g/mol. The summed E-state index contributed by atoms with van der Waals surface area (Å²) >= 11 is 0. The van der Waals surface area contributed by atoms with Gasteiger partial charge < -0.3 is 10.4 Å². The molecule has 2 N–H and O–H groups in total. The fourth-order valence-corrected chi connectivity index (χ4v) is 2.19. The maximum Gasteiger partial charge on any atom is 0.0778 e. The van der Waals surface area contributed by atoms with Gasteiger partial charge in [0.25, 0.3) is 0 Å². The van der Waals surface area contributed by atoms with Crippen molar-refractivity contribution in [3.63, 3.8) is 0 Å². The number of aromatic nitrogens is 2. The topological polar surface area (TPSA) is 50.1 Å². The molecule has 0 bridgehead atoms. The van der Waals surface area contributed by atoms with Crippen LogP contribution in [-0.4, -0.2) is 21.5 Å². The zero-order chi connectivity index (χ0) is 13.8. The summed E-state index contributed by atoms with van der Waals surface area (Å²) in [4.78, 5) is 0. The molecule has 2 rings (SSSR count). The van der Waals surface area contributed by atoms with E-state index in [9.17, 15) is 5.11 Å². The highest BCUT2D eigenvalue weighted by atomic mass is 16.3. The molecule has 1 heterocycles. The zero-order valence-electron chi connectivity index (χ0n) is 11.7. The highest BCUT2D eigenvalue weighted by Gasteiger charge is 2.16. The number of aryl methyl sites for hydroxylation is 3. The molecule has 0 saturated heterocycles. The molecule has 102 valence electrons. The number of hydrogen-bond donors (Lipinski definition) is 2. The molecule has 0 aliphatic heterocycles. The zero-order valence-corrected chi connectivity index (χ0v) is 11.7. The minimum absolute atomic E-state index is 0.0482. The summed E-state index contributed by atoms with van der Waals surface area (Å²) in [5, 5.41) is 17.4. The third-order valence-corrected chi connectivity index (χ3v) is 3.22. The Kier molecular flexibility index (Phi) is 4.22. The normalized spacial score (nSPS) is 12.4. The van der Waals surface area contributed by atoms with E-state index in [0.717, 1.165) is 23.4 Å². The van der Waals surface area contributed by atoms with Gasteiger partial charge in [0.1, 0.15) is 0 Å².